The first kappa shape index (κ1) is 10.7. The maximum Gasteiger partial charge on any atom is 0.305 e. The number of rotatable bonds is 5. The Labute approximate surface area is 70.8 Å². The summed E-state index contributed by atoms with van der Waals surface area (Å²) in [6.07, 6.45) is -0.272. The second kappa shape index (κ2) is 6.45. The highest BCUT2D eigenvalue weighted by Gasteiger charge is 1.95. The van der Waals surface area contributed by atoms with E-state index in [1.165, 1.54) is 0 Å². The molecule has 0 heterocycles. The zero-order chi connectivity index (χ0) is 9.40. The van der Waals surface area contributed by atoms with Crippen LogP contribution < -0.4 is 5.11 Å². The fraction of sp³-hybridized carbons (Fsp3) is 0.714. The van der Waals surface area contributed by atoms with Gasteiger partial charge in [0.1, 0.15) is 6.08 Å². The number of esters is 1. The smallest absolute Gasteiger partial charge is 0.305 e. The van der Waals surface area contributed by atoms with E-state index in [1.807, 2.05) is 0 Å². The average Bonchev–Trinajstić information content (AvgIpc) is 2.03. The summed E-state index contributed by atoms with van der Waals surface area (Å²) in [5.74, 6) is -0.271. The molecule has 0 spiro atoms. The van der Waals surface area contributed by atoms with E-state index in [0.717, 1.165) is 0 Å². The predicted molar refractivity (Wildman–Crippen MR) is 39.5 cm³/mol. The zero-order valence-corrected chi connectivity index (χ0v) is 6.96. The summed E-state index contributed by atoms with van der Waals surface area (Å²) in [6.45, 7) is 2.06. The van der Waals surface area contributed by atoms with Crippen LogP contribution in [0.2, 0.25) is 0 Å². The lowest BCUT2D eigenvalue weighted by molar-refractivity contribution is -0.252. The first-order valence-electron chi connectivity index (χ1n) is 3.70. The molecule has 12 heavy (non-hydrogen) atoms. The third-order valence-corrected chi connectivity index (χ3v) is 1.07. The van der Waals surface area contributed by atoms with Gasteiger partial charge in [0.15, 0.2) is 0 Å². The molecule has 0 saturated heterocycles. The molecule has 0 aliphatic carbocycles. The van der Waals surface area contributed by atoms with E-state index in [2.05, 4.69) is 9.47 Å². The van der Waals surface area contributed by atoms with Crippen LogP contribution in [0.4, 0.5) is 0 Å². The Hall–Kier alpha value is -1.26. The monoisotopic (exact) mass is 174 g/mol. The Balaban J connectivity index is 3.11. The Kier molecular flexibility index (Phi) is 5.77. The van der Waals surface area contributed by atoms with E-state index in [1.54, 1.807) is 6.92 Å². The SMILES string of the molecule is CCC(=O)OCCCOC(=N)[O-]. The van der Waals surface area contributed by atoms with Gasteiger partial charge >= 0.3 is 5.97 Å². The fourth-order valence-electron chi connectivity index (χ4n) is 0.512. The molecule has 0 bridgehead atoms. The van der Waals surface area contributed by atoms with Gasteiger partial charge in [-0.25, -0.2) is 0 Å². The van der Waals surface area contributed by atoms with E-state index >= 15 is 0 Å². The maximum absolute atomic E-state index is 10.5. The van der Waals surface area contributed by atoms with Crippen molar-refractivity contribution in [2.45, 2.75) is 19.8 Å². The Bertz CT molecular complexity index is 157. The lowest BCUT2D eigenvalue weighted by Gasteiger charge is -2.11. The highest BCUT2D eigenvalue weighted by atomic mass is 16.6. The van der Waals surface area contributed by atoms with Crippen LogP contribution in [-0.4, -0.2) is 25.3 Å². The fourth-order valence-corrected chi connectivity index (χ4v) is 0.512. The number of hydrogen-bond donors (Lipinski definition) is 1. The minimum Gasteiger partial charge on any atom is -0.600 e. The lowest BCUT2D eigenvalue weighted by atomic mass is 10.5. The molecular weight excluding hydrogens is 162 g/mol. The third-order valence-electron chi connectivity index (χ3n) is 1.07. The van der Waals surface area contributed by atoms with E-state index in [9.17, 15) is 9.90 Å². The maximum atomic E-state index is 10.5. The first-order chi connectivity index (χ1) is 5.66. The van der Waals surface area contributed by atoms with Crippen molar-refractivity contribution in [2.24, 2.45) is 0 Å². The zero-order valence-electron chi connectivity index (χ0n) is 6.96. The van der Waals surface area contributed by atoms with E-state index < -0.39 is 6.08 Å². The molecule has 70 valence electrons. The lowest BCUT2D eigenvalue weighted by Crippen LogP contribution is -2.20. The largest absolute Gasteiger partial charge is 0.600 e. The van der Waals surface area contributed by atoms with Crippen LogP contribution in [0.1, 0.15) is 19.8 Å². The van der Waals surface area contributed by atoms with E-state index in [0.29, 0.717) is 12.8 Å². The van der Waals surface area contributed by atoms with Gasteiger partial charge in [-0.2, -0.15) is 0 Å². The molecule has 0 amide bonds. The molecular formula is C7H12NO4-. The van der Waals surface area contributed by atoms with Crippen LogP contribution in [0.5, 0.6) is 0 Å². The average molecular weight is 174 g/mol. The molecule has 5 heteroatoms. The van der Waals surface area contributed by atoms with Gasteiger partial charge in [0.2, 0.25) is 0 Å². The van der Waals surface area contributed by atoms with Crippen LogP contribution in [0.15, 0.2) is 0 Å². The Morgan fingerprint density at radius 2 is 2.00 bits per heavy atom. The summed E-state index contributed by atoms with van der Waals surface area (Å²) in [5.41, 5.74) is 0. The van der Waals surface area contributed by atoms with Crippen LogP contribution in [0, 0.1) is 5.41 Å². The molecule has 0 aromatic heterocycles. The first-order valence-corrected chi connectivity index (χ1v) is 3.70. The summed E-state index contributed by atoms with van der Waals surface area (Å²) in [4.78, 5) is 10.5. The van der Waals surface area contributed by atoms with E-state index in [-0.39, 0.29) is 19.2 Å². The van der Waals surface area contributed by atoms with Crippen molar-refractivity contribution in [2.75, 3.05) is 13.2 Å². The predicted octanol–water partition coefficient (Wildman–Crippen LogP) is -0.359. The quantitative estimate of drug-likeness (QED) is 0.267. The van der Waals surface area contributed by atoms with Crippen LogP contribution >= 0.6 is 0 Å². The topological polar surface area (TPSA) is 82.4 Å². The molecule has 0 radical (unpaired) electrons. The van der Waals surface area contributed by atoms with Crippen molar-refractivity contribution in [3.05, 3.63) is 0 Å². The van der Waals surface area contributed by atoms with Crippen molar-refractivity contribution in [1.29, 1.82) is 5.41 Å². The molecule has 0 atom stereocenters. The van der Waals surface area contributed by atoms with Crippen molar-refractivity contribution in [3.63, 3.8) is 0 Å². The molecule has 1 N–H and O–H groups in total. The molecule has 0 fully saturated rings. The Morgan fingerprint density at radius 1 is 1.42 bits per heavy atom. The summed E-state index contributed by atoms with van der Waals surface area (Å²) in [5, 5.41) is 16.3. The van der Waals surface area contributed by atoms with Gasteiger partial charge in [-0.1, -0.05) is 6.92 Å². The van der Waals surface area contributed by atoms with Crippen molar-refractivity contribution in [1.82, 2.24) is 0 Å². The van der Waals surface area contributed by atoms with Gasteiger partial charge in [0.25, 0.3) is 0 Å². The van der Waals surface area contributed by atoms with Gasteiger partial charge in [-0.15, -0.1) is 0 Å². The van der Waals surface area contributed by atoms with Crippen LogP contribution in [0.3, 0.4) is 0 Å². The second-order valence-corrected chi connectivity index (χ2v) is 2.06. The van der Waals surface area contributed by atoms with Crippen LogP contribution in [0.25, 0.3) is 0 Å². The minimum absolute atomic E-state index is 0.124. The number of carbonyl (C=O) groups excluding carboxylic acids is 1. The summed E-state index contributed by atoms with van der Waals surface area (Å²) >= 11 is 0. The van der Waals surface area contributed by atoms with E-state index in [4.69, 9.17) is 5.41 Å². The minimum atomic E-state index is -1.06. The molecule has 0 aromatic carbocycles. The molecule has 0 unspecified atom stereocenters. The Morgan fingerprint density at radius 3 is 2.50 bits per heavy atom. The molecule has 5 nitrogen and oxygen atoms in total. The third kappa shape index (κ3) is 6.85. The normalized spacial score (nSPS) is 9.08. The highest BCUT2D eigenvalue weighted by molar-refractivity contribution is 5.68. The summed E-state index contributed by atoms with van der Waals surface area (Å²) in [7, 11) is 0. The second-order valence-electron chi connectivity index (χ2n) is 2.06. The van der Waals surface area contributed by atoms with Gasteiger partial charge in [0.05, 0.1) is 6.61 Å². The number of hydrogen-bond acceptors (Lipinski definition) is 5. The number of carbonyl (C=O) groups is 1. The standard InChI is InChI=1S/C7H13NO4/c1-2-6(9)11-4-3-5-12-7(8)10/h2-5H2,1H3,(H2,8,10)/p-1. The van der Waals surface area contributed by atoms with Crippen molar-refractivity contribution in [3.8, 4) is 0 Å². The van der Waals surface area contributed by atoms with Gasteiger partial charge in [0, 0.05) is 6.42 Å². The molecule has 0 aliphatic rings. The number of nitrogens with one attached hydrogen (secondary N) is 1. The summed E-state index contributed by atoms with van der Waals surface area (Å²) < 4.78 is 8.98. The molecule has 0 rings (SSSR count). The highest BCUT2D eigenvalue weighted by Crippen LogP contribution is 1.88. The molecule has 0 aliphatic heterocycles. The van der Waals surface area contributed by atoms with Gasteiger partial charge in [-0.3, -0.25) is 10.2 Å². The van der Waals surface area contributed by atoms with Gasteiger partial charge in [-0.05, 0) is 13.0 Å². The van der Waals surface area contributed by atoms with Crippen molar-refractivity contribution < 1.29 is 19.4 Å². The molecule has 0 aromatic rings. The van der Waals surface area contributed by atoms with Gasteiger partial charge < -0.3 is 14.6 Å². The molecule has 0 saturated carbocycles. The summed E-state index contributed by atoms with van der Waals surface area (Å²) in [6, 6.07) is 0. The van der Waals surface area contributed by atoms with Crippen LogP contribution in [-0.2, 0) is 14.3 Å². The number of ether oxygens (including phenoxy) is 2. The van der Waals surface area contributed by atoms with Crippen molar-refractivity contribution >= 4 is 12.1 Å².